The van der Waals surface area contributed by atoms with Crippen molar-refractivity contribution in [3.05, 3.63) is 84.9 Å². The molecule has 0 aliphatic carbocycles. The largest absolute Gasteiger partial charge is 0.385 e. The first kappa shape index (κ1) is 16.0. The van der Waals surface area contributed by atoms with E-state index in [-0.39, 0.29) is 0 Å². The highest BCUT2D eigenvalue weighted by molar-refractivity contribution is 8.25. The predicted octanol–water partition coefficient (Wildman–Crippen LogP) is 3.87. The molecule has 0 aromatic heterocycles. The van der Waals surface area contributed by atoms with Gasteiger partial charge in [-0.3, -0.25) is 0 Å². The third kappa shape index (κ3) is 3.24. The molecule has 116 valence electrons. The Morgan fingerprint density at radius 2 is 1.13 bits per heavy atom. The lowest BCUT2D eigenvalue weighted by Gasteiger charge is -2.24. The van der Waals surface area contributed by atoms with E-state index in [1.807, 2.05) is 12.1 Å². The van der Waals surface area contributed by atoms with Crippen molar-refractivity contribution >= 4 is 39.4 Å². The molecule has 0 aliphatic rings. The molecule has 0 unspecified atom stereocenters. The van der Waals surface area contributed by atoms with Gasteiger partial charge >= 0.3 is 0 Å². The molecule has 0 atom stereocenters. The van der Waals surface area contributed by atoms with Crippen LogP contribution in [0.4, 0.5) is 5.69 Å². The van der Waals surface area contributed by atoms with E-state index >= 15 is 0 Å². The minimum absolute atomic E-state index is 0.922. The van der Waals surface area contributed by atoms with Crippen molar-refractivity contribution in [2.45, 2.75) is 6.92 Å². The van der Waals surface area contributed by atoms with Crippen LogP contribution in [0.3, 0.4) is 0 Å². The lowest BCUT2D eigenvalue weighted by molar-refractivity contribution is 1.21. The molecular weight excluding hydrogens is 317 g/mol. The van der Waals surface area contributed by atoms with Crippen LogP contribution in [0.25, 0.3) is 0 Å². The van der Waals surface area contributed by atoms with Gasteiger partial charge in [0, 0.05) is 18.3 Å². The molecule has 0 saturated heterocycles. The zero-order valence-corrected chi connectivity index (χ0v) is 14.9. The number of hydrogen-bond donors (Lipinski definition) is 1. The molecule has 3 heteroatoms. The molecule has 0 aliphatic heterocycles. The molecule has 0 amide bonds. The van der Waals surface area contributed by atoms with Gasteiger partial charge in [-0.05, 0) is 35.0 Å². The summed E-state index contributed by atoms with van der Waals surface area (Å²) >= 11 is 6.30. The summed E-state index contributed by atoms with van der Waals surface area (Å²) in [4.78, 5) is 0. The van der Waals surface area contributed by atoms with Crippen LogP contribution in [0.1, 0.15) is 6.92 Å². The standard InChI is InChI=1S/C20H20NPS/c1-2-21-17-13-15-20(16-14-17)22(23,18-9-5-3-6-10-18)19-11-7-4-8-12-19/h3-16,21H,2H2,1H3. The van der Waals surface area contributed by atoms with Gasteiger partial charge in [-0.15, -0.1) is 0 Å². The Hall–Kier alpha value is -1.89. The monoisotopic (exact) mass is 337 g/mol. The van der Waals surface area contributed by atoms with Crippen LogP contribution in [0.2, 0.25) is 0 Å². The zero-order valence-electron chi connectivity index (χ0n) is 13.1. The van der Waals surface area contributed by atoms with Crippen LogP contribution in [0, 0.1) is 0 Å². The van der Waals surface area contributed by atoms with Crippen LogP contribution in [-0.4, -0.2) is 6.54 Å². The van der Waals surface area contributed by atoms with Crippen molar-refractivity contribution in [2.75, 3.05) is 11.9 Å². The van der Waals surface area contributed by atoms with E-state index in [4.69, 9.17) is 11.8 Å². The van der Waals surface area contributed by atoms with Gasteiger partial charge < -0.3 is 5.32 Å². The van der Waals surface area contributed by atoms with Crippen molar-refractivity contribution in [3.63, 3.8) is 0 Å². The fourth-order valence-electron chi connectivity index (χ4n) is 2.72. The predicted molar refractivity (Wildman–Crippen MR) is 107 cm³/mol. The Labute approximate surface area is 143 Å². The lowest BCUT2D eigenvalue weighted by atomic mass is 10.3. The average Bonchev–Trinajstić information content (AvgIpc) is 2.63. The van der Waals surface area contributed by atoms with Crippen LogP contribution in [0.15, 0.2) is 84.9 Å². The van der Waals surface area contributed by atoms with Crippen LogP contribution >= 0.6 is 6.04 Å². The second-order valence-electron chi connectivity index (χ2n) is 5.36. The second-order valence-corrected chi connectivity index (χ2v) is 9.77. The summed E-state index contributed by atoms with van der Waals surface area (Å²) in [5.74, 6) is 0. The molecule has 0 bridgehead atoms. The van der Waals surface area contributed by atoms with E-state index in [2.05, 4.69) is 85.0 Å². The van der Waals surface area contributed by atoms with Crippen molar-refractivity contribution in [1.82, 2.24) is 0 Å². The number of benzene rings is 3. The van der Waals surface area contributed by atoms with Crippen molar-refractivity contribution in [3.8, 4) is 0 Å². The lowest BCUT2D eigenvalue weighted by Crippen LogP contribution is -2.24. The smallest absolute Gasteiger partial charge is 0.0379 e. The van der Waals surface area contributed by atoms with E-state index in [1.54, 1.807) is 0 Å². The number of nitrogens with one attached hydrogen (secondary N) is 1. The van der Waals surface area contributed by atoms with E-state index in [0.29, 0.717) is 0 Å². The Kier molecular flexibility index (Phi) is 4.95. The van der Waals surface area contributed by atoms with Crippen LogP contribution in [0.5, 0.6) is 0 Å². The maximum absolute atomic E-state index is 6.30. The van der Waals surface area contributed by atoms with Gasteiger partial charge in [-0.1, -0.05) is 84.6 Å². The first-order valence-electron chi connectivity index (χ1n) is 7.81. The maximum atomic E-state index is 6.30. The minimum atomic E-state index is -2.01. The molecule has 3 aromatic carbocycles. The van der Waals surface area contributed by atoms with Crippen molar-refractivity contribution in [1.29, 1.82) is 0 Å². The first-order valence-corrected chi connectivity index (χ1v) is 10.6. The fourth-order valence-corrected chi connectivity index (χ4v) is 6.46. The molecule has 3 rings (SSSR count). The Bertz CT molecular complexity index is 755. The molecule has 1 N–H and O–H groups in total. The van der Waals surface area contributed by atoms with Gasteiger partial charge in [0.2, 0.25) is 0 Å². The van der Waals surface area contributed by atoms with Gasteiger partial charge in [0.15, 0.2) is 0 Å². The molecule has 0 saturated carbocycles. The molecular formula is C20H20NPS. The van der Waals surface area contributed by atoms with Gasteiger partial charge in [0.05, 0.1) is 0 Å². The van der Waals surface area contributed by atoms with Crippen LogP contribution < -0.4 is 21.2 Å². The average molecular weight is 337 g/mol. The van der Waals surface area contributed by atoms with Gasteiger partial charge in [-0.25, -0.2) is 0 Å². The van der Waals surface area contributed by atoms with Crippen molar-refractivity contribution < 1.29 is 0 Å². The molecule has 1 nitrogen and oxygen atoms in total. The van der Waals surface area contributed by atoms with E-state index in [1.165, 1.54) is 15.9 Å². The SMILES string of the molecule is CCNc1ccc(P(=S)(c2ccccc2)c2ccccc2)cc1. The summed E-state index contributed by atoms with van der Waals surface area (Å²) in [6, 6.07) is 27.6. The summed E-state index contributed by atoms with van der Waals surface area (Å²) in [5, 5.41) is 7.04. The van der Waals surface area contributed by atoms with Crippen LogP contribution in [-0.2, 0) is 11.8 Å². The Morgan fingerprint density at radius 1 is 0.696 bits per heavy atom. The van der Waals surface area contributed by atoms with E-state index in [9.17, 15) is 0 Å². The fraction of sp³-hybridized carbons (Fsp3) is 0.100. The highest BCUT2D eigenvalue weighted by Gasteiger charge is 2.24. The minimum Gasteiger partial charge on any atom is -0.385 e. The summed E-state index contributed by atoms with van der Waals surface area (Å²) < 4.78 is 0. The summed E-state index contributed by atoms with van der Waals surface area (Å²) in [5.41, 5.74) is 1.14. The second kappa shape index (κ2) is 7.12. The third-order valence-electron chi connectivity index (χ3n) is 3.85. The Balaban J connectivity index is 2.15. The topological polar surface area (TPSA) is 12.0 Å². The van der Waals surface area contributed by atoms with E-state index < -0.39 is 6.04 Å². The zero-order chi connectivity index (χ0) is 16.1. The summed E-state index contributed by atoms with van der Waals surface area (Å²) in [6.07, 6.45) is 0. The quantitative estimate of drug-likeness (QED) is 0.709. The van der Waals surface area contributed by atoms with Gasteiger partial charge in [-0.2, -0.15) is 0 Å². The highest BCUT2D eigenvalue weighted by Crippen LogP contribution is 2.42. The summed E-state index contributed by atoms with van der Waals surface area (Å²) in [7, 11) is 0. The maximum Gasteiger partial charge on any atom is 0.0379 e. The van der Waals surface area contributed by atoms with Crippen molar-refractivity contribution in [2.24, 2.45) is 0 Å². The Morgan fingerprint density at radius 3 is 1.57 bits per heavy atom. The molecule has 3 aromatic rings. The number of rotatable bonds is 5. The molecule has 0 radical (unpaired) electrons. The van der Waals surface area contributed by atoms with Gasteiger partial charge in [0.25, 0.3) is 0 Å². The molecule has 0 heterocycles. The number of anilines is 1. The molecule has 0 spiro atoms. The first-order chi connectivity index (χ1) is 11.2. The third-order valence-corrected chi connectivity index (χ3v) is 8.82. The van der Waals surface area contributed by atoms with Gasteiger partial charge in [0.1, 0.15) is 0 Å². The molecule has 0 fully saturated rings. The number of hydrogen-bond acceptors (Lipinski definition) is 2. The highest BCUT2D eigenvalue weighted by atomic mass is 32.4. The molecule has 23 heavy (non-hydrogen) atoms. The normalized spacial score (nSPS) is 11.2. The summed E-state index contributed by atoms with van der Waals surface area (Å²) in [6.45, 7) is 3.02. The van der Waals surface area contributed by atoms with E-state index in [0.717, 1.165) is 12.2 Å².